The fraction of sp³-hybridized carbons (Fsp3) is 0.444. The van der Waals surface area contributed by atoms with E-state index in [-0.39, 0.29) is 5.92 Å². The van der Waals surface area contributed by atoms with Gasteiger partial charge in [-0.3, -0.25) is 4.98 Å². The lowest BCUT2D eigenvalue weighted by Crippen LogP contribution is -2.11. The summed E-state index contributed by atoms with van der Waals surface area (Å²) in [6.07, 6.45) is 0. The molecule has 0 aliphatic rings. The molecule has 0 bridgehead atoms. The van der Waals surface area contributed by atoms with Gasteiger partial charge in [-0.2, -0.15) is 0 Å². The summed E-state index contributed by atoms with van der Waals surface area (Å²) < 4.78 is 0. The van der Waals surface area contributed by atoms with Gasteiger partial charge in [0.2, 0.25) is 0 Å². The zero-order valence-electron chi connectivity index (χ0n) is 7.34. The first-order valence-corrected chi connectivity index (χ1v) is 4.36. The fourth-order valence-electron chi connectivity index (χ4n) is 1.02. The minimum atomic E-state index is 0.234. The van der Waals surface area contributed by atoms with E-state index in [2.05, 4.69) is 4.98 Å². The number of aromatic nitrogens is 1. The molecule has 1 heterocycles. The Kier molecular flexibility index (Phi) is 3.06. The molecule has 0 radical (unpaired) electrons. The second-order valence-corrected chi connectivity index (χ2v) is 3.36. The summed E-state index contributed by atoms with van der Waals surface area (Å²) >= 11 is 5.95. The average molecular weight is 185 g/mol. The van der Waals surface area contributed by atoms with Gasteiger partial charge in [0.15, 0.2) is 0 Å². The number of pyridine rings is 1. The summed E-state index contributed by atoms with van der Waals surface area (Å²) in [7, 11) is 0. The summed E-state index contributed by atoms with van der Waals surface area (Å²) in [5, 5.41) is 0.707. The van der Waals surface area contributed by atoms with E-state index in [0.29, 0.717) is 11.6 Å². The van der Waals surface area contributed by atoms with E-state index in [1.165, 1.54) is 0 Å². The number of hydrogen-bond donors (Lipinski definition) is 1. The summed E-state index contributed by atoms with van der Waals surface area (Å²) in [5.41, 5.74) is 7.41. The van der Waals surface area contributed by atoms with Crippen LogP contribution < -0.4 is 5.73 Å². The van der Waals surface area contributed by atoms with Crippen LogP contribution in [0.25, 0.3) is 0 Å². The monoisotopic (exact) mass is 184 g/mol. The van der Waals surface area contributed by atoms with Crippen LogP contribution in [0, 0.1) is 6.92 Å². The number of rotatable bonds is 2. The third-order valence-corrected chi connectivity index (χ3v) is 2.15. The van der Waals surface area contributed by atoms with Gasteiger partial charge in [0.05, 0.1) is 10.7 Å². The Morgan fingerprint density at radius 1 is 1.58 bits per heavy atom. The van der Waals surface area contributed by atoms with Crippen LogP contribution in [0.3, 0.4) is 0 Å². The molecule has 12 heavy (non-hydrogen) atoms. The van der Waals surface area contributed by atoms with Crippen LogP contribution in [0.5, 0.6) is 0 Å². The highest BCUT2D eigenvalue weighted by atomic mass is 35.5. The normalized spacial score (nSPS) is 13.0. The van der Waals surface area contributed by atoms with Crippen molar-refractivity contribution in [2.75, 3.05) is 6.54 Å². The van der Waals surface area contributed by atoms with Crippen molar-refractivity contribution >= 4 is 11.6 Å². The predicted octanol–water partition coefficient (Wildman–Crippen LogP) is 2.11. The van der Waals surface area contributed by atoms with Crippen molar-refractivity contribution in [1.29, 1.82) is 0 Å². The highest BCUT2D eigenvalue weighted by molar-refractivity contribution is 6.31. The molecule has 1 aromatic rings. The molecule has 0 aliphatic heterocycles. The van der Waals surface area contributed by atoms with Gasteiger partial charge in [-0.25, -0.2) is 0 Å². The van der Waals surface area contributed by atoms with E-state index >= 15 is 0 Å². The molecule has 2 nitrogen and oxygen atoms in total. The molecule has 0 aromatic carbocycles. The van der Waals surface area contributed by atoms with Crippen LogP contribution in [0.1, 0.15) is 24.2 Å². The average Bonchev–Trinajstić information content (AvgIpc) is 2.08. The highest BCUT2D eigenvalue weighted by Gasteiger charge is 2.09. The van der Waals surface area contributed by atoms with Crippen LogP contribution in [0.2, 0.25) is 5.02 Å². The molecule has 2 N–H and O–H groups in total. The third-order valence-electron chi connectivity index (χ3n) is 1.83. The minimum absolute atomic E-state index is 0.234. The van der Waals surface area contributed by atoms with Crippen molar-refractivity contribution in [1.82, 2.24) is 4.98 Å². The lowest BCUT2D eigenvalue weighted by Gasteiger charge is -2.09. The zero-order valence-corrected chi connectivity index (χ0v) is 8.10. The van der Waals surface area contributed by atoms with Gasteiger partial charge < -0.3 is 5.73 Å². The van der Waals surface area contributed by atoms with Gasteiger partial charge in [-0.15, -0.1) is 0 Å². The van der Waals surface area contributed by atoms with Gasteiger partial charge in [0, 0.05) is 18.2 Å². The van der Waals surface area contributed by atoms with Gasteiger partial charge >= 0.3 is 0 Å². The first kappa shape index (κ1) is 9.49. The summed E-state index contributed by atoms with van der Waals surface area (Å²) in [4.78, 5) is 4.33. The van der Waals surface area contributed by atoms with E-state index in [9.17, 15) is 0 Å². The Bertz CT molecular complexity index is 273. The van der Waals surface area contributed by atoms with E-state index in [0.717, 1.165) is 11.4 Å². The summed E-state index contributed by atoms with van der Waals surface area (Å²) in [6, 6.07) is 3.76. The predicted molar refractivity (Wildman–Crippen MR) is 51.5 cm³/mol. The number of nitrogens with two attached hydrogens (primary N) is 1. The number of aryl methyl sites for hydroxylation is 1. The SMILES string of the molecule is Cc1ccc(Cl)c(C(C)CN)n1. The third kappa shape index (κ3) is 1.96. The molecule has 0 fully saturated rings. The van der Waals surface area contributed by atoms with Crippen molar-refractivity contribution in [3.8, 4) is 0 Å². The molecule has 66 valence electrons. The molecule has 0 aliphatic carbocycles. The molecular weight excluding hydrogens is 172 g/mol. The van der Waals surface area contributed by atoms with Gasteiger partial charge in [0.25, 0.3) is 0 Å². The van der Waals surface area contributed by atoms with Crippen molar-refractivity contribution in [3.63, 3.8) is 0 Å². The molecule has 0 spiro atoms. The Morgan fingerprint density at radius 3 is 2.83 bits per heavy atom. The van der Waals surface area contributed by atoms with Crippen molar-refractivity contribution in [2.45, 2.75) is 19.8 Å². The van der Waals surface area contributed by atoms with Gasteiger partial charge in [-0.05, 0) is 19.1 Å². The molecule has 0 amide bonds. The zero-order chi connectivity index (χ0) is 9.14. The van der Waals surface area contributed by atoms with E-state index in [1.54, 1.807) is 0 Å². The van der Waals surface area contributed by atoms with Crippen LogP contribution in [-0.2, 0) is 0 Å². The van der Waals surface area contributed by atoms with Gasteiger partial charge in [-0.1, -0.05) is 18.5 Å². The summed E-state index contributed by atoms with van der Waals surface area (Å²) in [6.45, 7) is 4.55. The lowest BCUT2D eigenvalue weighted by molar-refractivity contribution is 0.741. The van der Waals surface area contributed by atoms with E-state index in [4.69, 9.17) is 17.3 Å². The maximum Gasteiger partial charge on any atom is 0.0633 e. The quantitative estimate of drug-likeness (QED) is 0.765. The van der Waals surface area contributed by atoms with E-state index in [1.807, 2.05) is 26.0 Å². The molecule has 1 rings (SSSR count). The van der Waals surface area contributed by atoms with Crippen molar-refractivity contribution in [3.05, 3.63) is 28.5 Å². The molecule has 1 atom stereocenters. The molecule has 0 saturated carbocycles. The molecule has 0 saturated heterocycles. The molecule has 1 unspecified atom stereocenters. The maximum absolute atomic E-state index is 5.95. The standard InChI is InChI=1S/C9H13ClN2/c1-6(5-11)9-8(10)4-3-7(2)12-9/h3-4,6H,5,11H2,1-2H3. The fourth-order valence-corrected chi connectivity index (χ4v) is 1.31. The van der Waals surface area contributed by atoms with Crippen molar-refractivity contribution < 1.29 is 0 Å². The maximum atomic E-state index is 5.95. The number of nitrogens with zero attached hydrogens (tertiary/aromatic N) is 1. The molecular formula is C9H13ClN2. The van der Waals surface area contributed by atoms with E-state index < -0.39 is 0 Å². The van der Waals surface area contributed by atoms with Crippen LogP contribution in [-0.4, -0.2) is 11.5 Å². The smallest absolute Gasteiger partial charge is 0.0633 e. The Morgan fingerprint density at radius 2 is 2.25 bits per heavy atom. The van der Waals surface area contributed by atoms with Crippen molar-refractivity contribution in [2.24, 2.45) is 5.73 Å². The van der Waals surface area contributed by atoms with Crippen LogP contribution >= 0.6 is 11.6 Å². The Labute approximate surface area is 77.8 Å². The number of hydrogen-bond acceptors (Lipinski definition) is 2. The second kappa shape index (κ2) is 3.87. The lowest BCUT2D eigenvalue weighted by atomic mass is 10.1. The largest absolute Gasteiger partial charge is 0.330 e. The molecule has 1 aromatic heterocycles. The topological polar surface area (TPSA) is 38.9 Å². The van der Waals surface area contributed by atoms with Gasteiger partial charge in [0.1, 0.15) is 0 Å². The minimum Gasteiger partial charge on any atom is -0.330 e. The summed E-state index contributed by atoms with van der Waals surface area (Å²) in [5.74, 6) is 0.234. The Hall–Kier alpha value is -0.600. The first-order chi connectivity index (χ1) is 5.65. The molecule has 3 heteroatoms. The number of halogens is 1. The van der Waals surface area contributed by atoms with Crippen LogP contribution in [0.4, 0.5) is 0 Å². The van der Waals surface area contributed by atoms with Crippen LogP contribution in [0.15, 0.2) is 12.1 Å². The second-order valence-electron chi connectivity index (χ2n) is 2.96. The first-order valence-electron chi connectivity index (χ1n) is 3.98. The Balaban J connectivity index is 3.04. The highest BCUT2D eigenvalue weighted by Crippen LogP contribution is 2.21.